The van der Waals surface area contributed by atoms with Crippen LogP contribution in [0, 0.1) is 0 Å². The molecule has 3 nitrogen and oxygen atoms in total. The zero-order valence-electron chi connectivity index (χ0n) is 9.87. The van der Waals surface area contributed by atoms with Gasteiger partial charge in [-0.3, -0.25) is 0 Å². The third kappa shape index (κ3) is 1.23. The number of imidazole rings is 1. The molecule has 3 saturated carbocycles. The molecule has 17 heavy (non-hydrogen) atoms. The molecule has 3 aliphatic rings. The summed E-state index contributed by atoms with van der Waals surface area (Å²) in [5.41, 5.74) is 8.91. The van der Waals surface area contributed by atoms with E-state index >= 15 is 0 Å². The first-order valence-corrected chi connectivity index (χ1v) is 6.43. The molecule has 3 fully saturated rings. The lowest BCUT2D eigenvalue weighted by Crippen LogP contribution is -2.63. The van der Waals surface area contributed by atoms with Crippen molar-refractivity contribution in [3.63, 3.8) is 0 Å². The van der Waals surface area contributed by atoms with Gasteiger partial charge in [-0.2, -0.15) is 0 Å². The highest BCUT2D eigenvalue weighted by atomic mass is 15.0. The summed E-state index contributed by atoms with van der Waals surface area (Å²) < 4.78 is 0. The molecule has 0 spiro atoms. The molecule has 1 aromatic heterocycles. The molecule has 0 atom stereocenters. The van der Waals surface area contributed by atoms with Crippen molar-refractivity contribution in [2.75, 3.05) is 0 Å². The predicted molar refractivity (Wildman–Crippen MR) is 67.8 cm³/mol. The maximum Gasteiger partial charge on any atom is 0.113 e. The van der Waals surface area contributed by atoms with Crippen LogP contribution in [0.15, 0.2) is 24.3 Å². The highest BCUT2D eigenvalue weighted by molar-refractivity contribution is 5.75. The lowest BCUT2D eigenvalue weighted by molar-refractivity contribution is 0.0333. The molecule has 3 aliphatic carbocycles. The molecule has 2 aromatic rings. The summed E-state index contributed by atoms with van der Waals surface area (Å²) >= 11 is 0. The van der Waals surface area contributed by atoms with Crippen LogP contribution in [-0.4, -0.2) is 15.5 Å². The highest BCUT2D eigenvalue weighted by Crippen LogP contribution is 2.57. The Labute approximate surface area is 100 Å². The highest BCUT2D eigenvalue weighted by Gasteiger charge is 2.57. The Morgan fingerprint density at radius 2 is 2.00 bits per heavy atom. The van der Waals surface area contributed by atoms with Gasteiger partial charge in [-0.15, -0.1) is 0 Å². The van der Waals surface area contributed by atoms with Crippen LogP contribution in [0.4, 0.5) is 0 Å². The third-order valence-electron chi connectivity index (χ3n) is 4.60. The first kappa shape index (κ1) is 9.66. The minimum Gasteiger partial charge on any atom is -0.342 e. The summed E-state index contributed by atoms with van der Waals surface area (Å²) in [6, 6.07) is 8.26. The van der Waals surface area contributed by atoms with Crippen molar-refractivity contribution in [3.8, 4) is 0 Å². The number of benzene rings is 1. The monoisotopic (exact) mass is 227 g/mol. The van der Waals surface area contributed by atoms with Crippen molar-refractivity contribution in [2.45, 2.75) is 43.1 Å². The lowest BCUT2D eigenvalue weighted by Gasteiger charge is -2.58. The van der Waals surface area contributed by atoms with E-state index in [4.69, 9.17) is 10.7 Å². The molecule has 0 amide bonds. The second kappa shape index (κ2) is 2.91. The molecule has 3 N–H and O–H groups in total. The second-order valence-electron chi connectivity index (χ2n) is 5.95. The molecule has 5 rings (SSSR count). The first-order valence-electron chi connectivity index (χ1n) is 6.43. The first-order chi connectivity index (χ1) is 8.19. The summed E-state index contributed by atoms with van der Waals surface area (Å²) in [5.74, 6) is 1.17. The predicted octanol–water partition coefficient (Wildman–Crippen LogP) is 2.48. The Hall–Kier alpha value is -1.35. The number of nitrogens with one attached hydrogen (secondary N) is 1. The number of aromatic nitrogens is 2. The van der Waals surface area contributed by atoms with E-state index in [1.54, 1.807) is 0 Å². The average molecular weight is 227 g/mol. The molecule has 0 saturated heterocycles. The van der Waals surface area contributed by atoms with E-state index < -0.39 is 0 Å². The Bertz CT molecular complexity index is 545. The molecule has 0 radical (unpaired) electrons. The van der Waals surface area contributed by atoms with Gasteiger partial charge in [0.15, 0.2) is 0 Å². The van der Waals surface area contributed by atoms with Crippen LogP contribution in [0.5, 0.6) is 0 Å². The molecule has 0 unspecified atom stereocenters. The fourth-order valence-corrected chi connectivity index (χ4v) is 3.92. The molecule has 1 heterocycles. The molecular weight excluding hydrogens is 210 g/mol. The van der Waals surface area contributed by atoms with Crippen molar-refractivity contribution in [2.24, 2.45) is 5.73 Å². The topological polar surface area (TPSA) is 54.7 Å². The number of aromatic amines is 1. The minimum absolute atomic E-state index is 0.108. The maximum atomic E-state index is 6.32. The number of para-hydroxylation sites is 2. The molecule has 2 bridgehead atoms. The normalized spacial score (nSPS) is 35.8. The van der Waals surface area contributed by atoms with Gasteiger partial charge < -0.3 is 10.7 Å². The summed E-state index contributed by atoms with van der Waals surface area (Å²) in [7, 11) is 0. The van der Waals surface area contributed by atoms with Gasteiger partial charge in [0.05, 0.1) is 11.0 Å². The van der Waals surface area contributed by atoms with Gasteiger partial charge in [-0.05, 0) is 37.8 Å². The Morgan fingerprint density at radius 3 is 2.76 bits per heavy atom. The summed E-state index contributed by atoms with van der Waals surface area (Å²) in [4.78, 5) is 8.26. The van der Waals surface area contributed by atoms with E-state index in [2.05, 4.69) is 23.2 Å². The smallest absolute Gasteiger partial charge is 0.113 e. The average Bonchev–Trinajstić information content (AvgIpc) is 2.71. The number of rotatable bonds is 1. The number of hydrogen-bond acceptors (Lipinski definition) is 2. The van der Waals surface area contributed by atoms with Crippen LogP contribution in [0.25, 0.3) is 11.0 Å². The Morgan fingerprint density at radius 1 is 1.18 bits per heavy atom. The Balaban J connectivity index is 1.80. The van der Waals surface area contributed by atoms with Gasteiger partial charge >= 0.3 is 0 Å². The molecular formula is C14H17N3. The van der Waals surface area contributed by atoms with Crippen LogP contribution < -0.4 is 5.73 Å². The Kier molecular flexibility index (Phi) is 1.65. The van der Waals surface area contributed by atoms with Crippen molar-refractivity contribution in [1.82, 2.24) is 9.97 Å². The number of nitrogens with zero attached hydrogens (tertiary/aromatic N) is 1. The summed E-state index contributed by atoms with van der Waals surface area (Å²) in [6.45, 7) is 0. The van der Waals surface area contributed by atoms with E-state index in [0.717, 1.165) is 23.9 Å². The summed E-state index contributed by atoms with van der Waals surface area (Å²) in [6.07, 6.45) is 5.90. The van der Waals surface area contributed by atoms with Gasteiger partial charge in [-0.25, -0.2) is 4.98 Å². The third-order valence-corrected chi connectivity index (χ3v) is 4.60. The second-order valence-corrected chi connectivity index (χ2v) is 5.95. The van der Waals surface area contributed by atoms with Crippen LogP contribution in [-0.2, 0) is 5.41 Å². The SMILES string of the molecule is NC12CCCC(c3nc4ccccc4[nH]3)(C1)C2. The van der Waals surface area contributed by atoms with E-state index in [0.29, 0.717) is 0 Å². The quantitative estimate of drug-likeness (QED) is 0.786. The van der Waals surface area contributed by atoms with Crippen LogP contribution in [0.3, 0.4) is 0 Å². The standard InChI is InChI=1S/C14H17N3/c15-14-7-3-6-13(8-14,9-14)12-16-10-4-1-2-5-11(10)17-12/h1-2,4-5H,3,6-9,15H2,(H,16,17). The largest absolute Gasteiger partial charge is 0.342 e. The van der Waals surface area contributed by atoms with Gasteiger partial charge in [0.1, 0.15) is 5.82 Å². The van der Waals surface area contributed by atoms with E-state index in [-0.39, 0.29) is 11.0 Å². The molecule has 1 aromatic carbocycles. The number of fused-ring (bicyclic) bond motifs is 3. The number of H-pyrrole nitrogens is 1. The van der Waals surface area contributed by atoms with Crippen molar-refractivity contribution >= 4 is 11.0 Å². The van der Waals surface area contributed by atoms with E-state index in [9.17, 15) is 0 Å². The van der Waals surface area contributed by atoms with Gasteiger partial charge in [-0.1, -0.05) is 18.6 Å². The van der Waals surface area contributed by atoms with Gasteiger partial charge in [0, 0.05) is 11.0 Å². The molecule has 88 valence electrons. The van der Waals surface area contributed by atoms with Crippen molar-refractivity contribution in [3.05, 3.63) is 30.1 Å². The van der Waals surface area contributed by atoms with Crippen LogP contribution in [0.1, 0.15) is 37.9 Å². The number of nitrogens with two attached hydrogens (primary N) is 1. The maximum absolute atomic E-state index is 6.32. The minimum atomic E-state index is 0.108. The van der Waals surface area contributed by atoms with E-state index in [1.807, 2.05) is 6.07 Å². The van der Waals surface area contributed by atoms with Crippen molar-refractivity contribution < 1.29 is 0 Å². The van der Waals surface area contributed by atoms with E-state index in [1.165, 1.54) is 25.1 Å². The zero-order valence-corrected chi connectivity index (χ0v) is 9.87. The van der Waals surface area contributed by atoms with Crippen LogP contribution in [0.2, 0.25) is 0 Å². The summed E-state index contributed by atoms with van der Waals surface area (Å²) in [5, 5.41) is 0. The fourth-order valence-electron chi connectivity index (χ4n) is 3.92. The molecule has 0 aliphatic heterocycles. The van der Waals surface area contributed by atoms with Crippen molar-refractivity contribution in [1.29, 1.82) is 0 Å². The van der Waals surface area contributed by atoms with Gasteiger partial charge in [0.2, 0.25) is 0 Å². The fraction of sp³-hybridized carbons (Fsp3) is 0.500. The zero-order chi connectivity index (χ0) is 11.5. The van der Waals surface area contributed by atoms with Gasteiger partial charge in [0.25, 0.3) is 0 Å². The molecule has 3 heteroatoms. The van der Waals surface area contributed by atoms with Crippen LogP contribution >= 0.6 is 0 Å². The number of hydrogen-bond donors (Lipinski definition) is 2. The lowest BCUT2D eigenvalue weighted by atomic mass is 9.50.